The zero-order valence-electron chi connectivity index (χ0n) is 23.0. The highest BCUT2D eigenvalue weighted by molar-refractivity contribution is 6.47. The molecule has 8 heteroatoms. The average molecular weight is 552 g/mol. The van der Waals surface area contributed by atoms with Crippen LogP contribution in [-0.2, 0) is 9.59 Å². The fraction of sp³-hybridized carbons (Fsp3) is 0.484. The molecule has 2 N–H and O–H groups in total. The number of amides is 2. The van der Waals surface area contributed by atoms with Crippen LogP contribution in [0.5, 0.6) is 0 Å². The molecule has 0 aromatic heterocycles. The SMILES string of the molecule is CCCC(c1ccc(C(=O)NCCC(=O)O)cc1)N1C(=O)C(c2cccc(Cl)c2)=NC12CCC(C(C)C)CC2. The number of hydrogen-bond donors (Lipinski definition) is 2. The van der Waals surface area contributed by atoms with Crippen molar-refractivity contribution >= 4 is 35.1 Å². The molecule has 7 nitrogen and oxygen atoms in total. The van der Waals surface area contributed by atoms with E-state index in [2.05, 4.69) is 26.1 Å². The minimum atomic E-state index is -0.959. The predicted octanol–water partition coefficient (Wildman–Crippen LogP) is 6.26. The maximum atomic E-state index is 14.2. The molecule has 208 valence electrons. The van der Waals surface area contributed by atoms with E-state index in [4.69, 9.17) is 21.7 Å². The van der Waals surface area contributed by atoms with Crippen LogP contribution < -0.4 is 5.32 Å². The second-order valence-corrected chi connectivity index (χ2v) is 11.5. The molecule has 0 bridgehead atoms. The standard InChI is InChI=1S/C31H38ClN3O4/c1-4-6-26(22-9-11-23(12-10-22)29(38)33-18-15-27(36)37)35-30(39)28(24-7-5-8-25(32)19-24)34-31(35)16-13-21(14-17-31)20(2)3/h5,7-12,19-21,26H,4,6,13-18H2,1-3H3,(H,33,38)(H,36,37). The van der Waals surface area contributed by atoms with Crippen molar-refractivity contribution in [1.29, 1.82) is 0 Å². The fourth-order valence-electron chi connectivity index (χ4n) is 5.95. The van der Waals surface area contributed by atoms with Crippen molar-refractivity contribution < 1.29 is 19.5 Å². The van der Waals surface area contributed by atoms with E-state index in [0.29, 0.717) is 28.1 Å². The van der Waals surface area contributed by atoms with Crippen LogP contribution >= 0.6 is 11.6 Å². The molecule has 2 aromatic carbocycles. The van der Waals surface area contributed by atoms with Crippen molar-refractivity contribution in [1.82, 2.24) is 10.2 Å². The second-order valence-electron chi connectivity index (χ2n) is 11.0. The van der Waals surface area contributed by atoms with Gasteiger partial charge in [-0.05, 0) is 73.8 Å². The van der Waals surface area contributed by atoms with Gasteiger partial charge in [-0.1, -0.05) is 63.1 Å². The third-order valence-corrected chi connectivity index (χ3v) is 8.35. The van der Waals surface area contributed by atoms with Crippen LogP contribution in [0.25, 0.3) is 0 Å². The van der Waals surface area contributed by atoms with E-state index in [1.165, 1.54) is 0 Å². The Balaban J connectivity index is 1.66. The van der Waals surface area contributed by atoms with E-state index in [1.807, 2.05) is 35.2 Å². The molecule has 0 saturated heterocycles. The summed E-state index contributed by atoms with van der Waals surface area (Å²) in [4.78, 5) is 44.7. The molecule has 1 aliphatic carbocycles. The molecule has 2 aliphatic rings. The summed E-state index contributed by atoms with van der Waals surface area (Å²) in [5.41, 5.74) is 2.02. The highest BCUT2D eigenvalue weighted by atomic mass is 35.5. The normalized spacial score (nSPS) is 21.8. The first-order chi connectivity index (χ1) is 18.6. The molecule has 1 aliphatic heterocycles. The molecular formula is C31H38ClN3O4. The summed E-state index contributed by atoms with van der Waals surface area (Å²) >= 11 is 6.29. The van der Waals surface area contributed by atoms with E-state index < -0.39 is 11.6 Å². The third kappa shape index (κ3) is 6.35. The molecule has 39 heavy (non-hydrogen) atoms. The number of benzene rings is 2. The Kier molecular flexibility index (Phi) is 9.11. The number of aliphatic carboxylic acids is 1. The number of rotatable bonds is 10. The van der Waals surface area contributed by atoms with Gasteiger partial charge in [-0.3, -0.25) is 19.4 Å². The third-order valence-electron chi connectivity index (χ3n) is 8.12. The average Bonchev–Trinajstić information content (AvgIpc) is 3.18. The summed E-state index contributed by atoms with van der Waals surface area (Å²) < 4.78 is 0. The van der Waals surface area contributed by atoms with Crippen LogP contribution in [0.3, 0.4) is 0 Å². The minimum absolute atomic E-state index is 0.0696. The van der Waals surface area contributed by atoms with Gasteiger partial charge in [-0.15, -0.1) is 0 Å². The van der Waals surface area contributed by atoms with E-state index in [1.54, 1.807) is 18.2 Å². The van der Waals surface area contributed by atoms with Crippen molar-refractivity contribution in [3.63, 3.8) is 0 Å². The molecule has 1 saturated carbocycles. The highest BCUT2D eigenvalue weighted by Gasteiger charge is 2.51. The number of carboxylic acid groups (broad SMARTS) is 1. The molecule has 4 rings (SSSR count). The number of nitrogens with one attached hydrogen (secondary N) is 1. The molecule has 1 spiro atoms. The number of carbonyl (C=O) groups excluding carboxylic acids is 2. The maximum absolute atomic E-state index is 14.2. The number of carboxylic acids is 1. The Bertz CT molecular complexity index is 1230. The Morgan fingerprint density at radius 3 is 2.44 bits per heavy atom. The van der Waals surface area contributed by atoms with Crippen molar-refractivity contribution in [2.45, 2.75) is 77.4 Å². The van der Waals surface area contributed by atoms with Crippen molar-refractivity contribution in [3.05, 3.63) is 70.2 Å². The summed E-state index contributed by atoms with van der Waals surface area (Å²) in [6.45, 7) is 6.71. The zero-order chi connectivity index (χ0) is 28.2. The molecule has 1 fully saturated rings. The zero-order valence-corrected chi connectivity index (χ0v) is 23.7. The Hall–Kier alpha value is -3.19. The number of nitrogens with zero attached hydrogens (tertiary/aromatic N) is 2. The van der Waals surface area contributed by atoms with E-state index >= 15 is 0 Å². The molecule has 1 unspecified atom stereocenters. The Labute approximate surface area is 235 Å². The van der Waals surface area contributed by atoms with Gasteiger partial charge >= 0.3 is 5.97 Å². The minimum Gasteiger partial charge on any atom is -0.481 e. The largest absolute Gasteiger partial charge is 0.481 e. The number of carbonyl (C=O) groups is 3. The molecule has 1 atom stereocenters. The fourth-order valence-corrected chi connectivity index (χ4v) is 6.14. The lowest BCUT2D eigenvalue weighted by Gasteiger charge is -2.46. The highest BCUT2D eigenvalue weighted by Crippen LogP contribution is 2.48. The first-order valence-corrected chi connectivity index (χ1v) is 14.3. The maximum Gasteiger partial charge on any atom is 0.305 e. The van der Waals surface area contributed by atoms with Gasteiger partial charge < -0.3 is 15.3 Å². The van der Waals surface area contributed by atoms with Crippen LogP contribution in [0.1, 0.15) is 93.2 Å². The van der Waals surface area contributed by atoms with E-state index in [9.17, 15) is 14.4 Å². The van der Waals surface area contributed by atoms with Crippen LogP contribution in [-0.4, -0.2) is 45.7 Å². The van der Waals surface area contributed by atoms with Crippen molar-refractivity contribution in [3.8, 4) is 0 Å². The van der Waals surface area contributed by atoms with Gasteiger partial charge in [-0.2, -0.15) is 0 Å². The lowest BCUT2D eigenvalue weighted by atomic mass is 9.76. The lowest BCUT2D eigenvalue weighted by Crippen LogP contribution is -2.51. The van der Waals surface area contributed by atoms with Gasteiger partial charge in [0.05, 0.1) is 12.5 Å². The van der Waals surface area contributed by atoms with Gasteiger partial charge in [0.2, 0.25) is 0 Å². The van der Waals surface area contributed by atoms with Gasteiger partial charge in [0.15, 0.2) is 0 Å². The Morgan fingerprint density at radius 1 is 1.15 bits per heavy atom. The van der Waals surface area contributed by atoms with E-state index in [-0.39, 0.29) is 30.8 Å². The predicted molar refractivity (Wildman–Crippen MR) is 153 cm³/mol. The molecule has 1 heterocycles. The van der Waals surface area contributed by atoms with Gasteiger partial charge in [0.1, 0.15) is 11.4 Å². The summed E-state index contributed by atoms with van der Waals surface area (Å²) in [5, 5.41) is 12.0. The topological polar surface area (TPSA) is 99.1 Å². The first-order valence-electron chi connectivity index (χ1n) is 13.9. The molecule has 2 amide bonds. The monoisotopic (exact) mass is 551 g/mol. The van der Waals surface area contributed by atoms with Crippen LogP contribution in [0, 0.1) is 11.8 Å². The van der Waals surface area contributed by atoms with Gasteiger partial charge in [0, 0.05) is 22.7 Å². The van der Waals surface area contributed by atoms with Crippen LogP contribution in [0.15, 0.2) is 53.5 Å². The second kappa shape index (κ2) is 12.3. The molecule has 0 radical (unpaired) electrons. The quantitative estimate of drug-likeness (QED) is 0.364. The van der Waals surface area contributed by atoms with Gasteiger partial charge in [0.25, 0.3) is 11.8 Å². The number of aliphatic imine (C=N–C) groups is 1. The Morgan fingerprint density at radius 2 is 1.85 bits per heavy atom. The smallest absolute Gasteiger partial charge is 0.305 e. The molecule has 2 aromatic rings. The van der Waals surface area contributed by atoms with Crippen LogP contribution in [0.4, 0.5) is 0 Å². The van der Waals surface area contributed by atoms with Crippen LogP contribution in [0.2, 0.25) is 5.02 Å². The summed E-state index contributed by atoms with van der Waals surface area (Å²) in [7, 11) is 0. The summed E-state index contributed by atoms with van der Waals surface area (Å²) in [5.74, 6) is -0.151. The summed E-state index contributed by atoms with van der Waals surface area (Å²) in [6.07, 6.45) is 5.18. The lowest BCUT2D eigenvalue weighted by molar-refractivity contribution is -0.137. The van der Waals surface area contributed by atoms with E-state index in [0.717, 1.165) is 49.7 Å². The van der Waals surface area contributed by atoms with Crippen molar-refractivity contribution in [2.75, 3.05) is 6.54 Å². The number of hydrogen-bond acceptors (Lipinski definition) is 4. The molecular weight excluding hydrogens is 514 g/mol. The van der Waals surface area contributed by atoms with Crippen molar-refractivity contribution in [2.24, 2.45) is 16.8 Å². The summed E-state index contributed by atoms with van der Waals surface area (Å²) in [6, 6.07) is 14.5. The van der Waals surface area contributed by atoms with Gasteiger partial charge in [-0.25, -0.2) is 0 Å². The number of halogens is 1. The first kappa shape index (κ1) is 28.8.